The van der Waals surface area contributed by atoms with Gasteiger partial charge in [-0.3, -0.25) is 0 Å². The number of rotatable bonds is 6. The highest BCUT2D eigenvalue weighted by Crippen LogP contribution is 2.17. The predicted octanol–water partition coefficient (Wildman–Crippen LogP) is 3.56. The second kappa shape index (κ2) is 11.4. The van der Waals surface area contributed by atoms with Gasteiger partial charge < -0.3 is 9.64 Å². The first-order valence-electron chi connectivity index (χ1n) is 7.16. The quantitative estimate of drug-likeness (QED) is 0.646. The Labute approximate surface area is 102 Å². The third-order valence-corrected chi connectivity index (χ3v) is 3.15. The summed E-state index contributed by atoms with van der Waals surface area (Å²) >= 11 is 0. The fourth-order valence-electron chi connectivity index (χ4n) is 1.97. The summed E-state index contributed by atoms with van der Waals surface area (Å²) in [5.74, 6) is 0.828. The molecule has 2 nitrogen and oxygen atoms in total. The zero-order valence-corrected chi connectivity index (χ0v) is 11.8. The van der Waals surface area contributed by atoms with Crippen LogP contribution in [-0.4, -0.2) is 37.7 Å². The summed E-state index contributed by atoms with van der Waals surface area (Å²) in [5, 5.41) is 0. The molecular weight excluding hydrogens is 198 g/mol. The van der Waals surface area contributed by atoms with Crippen LogP contribution in [0.3, 0.4) is 0 Å². The largest absolute Gasteiger partial charge is 0.381 e. The average molecular weight is 229 g/mol. The molecule has 0 radical (unpaired) electrons. The molecule has 1 heterocycles. The highest BCUT2D eigenvalue weighted by atomic mass is 16.5. The second-order valence-corrected chi connectivity index (χ2v) is 4.31. The van der Waals surface area contributed by atoms with E-state index in [0.717, 1.165) is 19.1 Å². The maximum absolute atomic E-state index is 5.66. The van der Waals surface area contributed by atoms with Gasteiger partial charge in [0.25, 0.3) is 0 Å². The van der Waals surface area contributed by atoms with Crippen LogP contribution in [0, 0.1) is 5.92 Å². The summed E-state index contributed by atoms with van der Waals surface area (Å²) < 4.78 is 5.66. The standard InChI is InChI=1S/C12H25NO.C2H6/c1-3-5-10-14-11-12-6-8-13(4-2)9-7-12;1-2/h12H,3-11H2,1-2H3;1-2H3. The Morgan fingerprint density at radius 1 is 1.12 bits per heavy atom. The molecule has 0 saturated carbocycles. The van der Waals surface area contributed by atoms with Crippen LogP contribution in [-0.2, 0) is 4.74 Å². The normalized spacial score (nSPS) is 18.0. The van der Waals surface area contributed by atoms with Gasteiger partial charge in [0.15, 0.2) is 0 Å². The molecule has 0 aromatic carbocycles. The van der Waals surface area contributed by atoms with Crippen LogP contribution in [0.2, 0.25) is 0 Å². The van der Waals surface area contributed by atoms with E-state index in [2.05, 4.69) is 18.7 Å². The van der Waals surface area contributed by atoms with Crippen molar-refractivity contribution in [3.05, 3.63) is 0 Å². The summed E-state index contributed by atoms with van der Waals surface area (Å²) in [4.78, 5) is 2.53. The van der Waals surface area contributed by atoms with E-state index in [-0.39, 0.29) is 0 Å². The molecule has 1 fully saturated rings. The van der Waals surface area contributed by atoms with E-state index in [1.54, 1.807) is 0 Å². The molecule has 0 aromatic rings. The van der Waals surface area contributed by atoms with Gasteiger partial charge in [0.2, 0.25) is 0 Å². The first kappa shape index (κ1) is 15.9. The Morgan fingerprint density at radius 2 is 1.75 bits per heavy atom. The highest BCUT2D eigenvalue weighted by molar-refractivity contribution is 4.70. The molecule has 2 heteroatoms. The Kier molecular flexibility index (Phi) is 11.3. The number of nitrogens with zero attached hydrogens (tertiary/aromatic N) is 1. The minimum atomic E-state index is 0.828. The predicted molar refractivity (Wildman–Crippen MR) is 71.9 cm³/mol. The van der Waals surface area contributed by atoms with Crippen LogP contribution in [0.4, 0.5) is 0 Å². The molecule has 0 spiro atoms. The van der Waals surface area contributed by atoms with Crippen molar-refractivity contribution >= 4 is 0 Å². The van der Waals surface area contributed by atoms with Crippen LogP contribution in [0.25, 0.3) is 0 Å². The summed E-state index contributed by atoms with van der Waals surface area (Å²) in [6.07, 6.45) is 5.13. The molecule has 0 N–H and O–H groups in total. The van der Waals surface area contributed by atoms with E-state index in [1.807, 2.05) is 13.8 Å². The van der Waals surface area contributed by atoms with Crippen molar-refractivity contribution in [3.63, 3.8) is 0 Å². The molecule has 98 valence electrons. The summed E-state index contributed by atoms with van der Waals surface area (Å²) in [7, 11) is 0. The molecular formula is C14H31NO. The molecule has 0 atom stereocenters. The first-order chi connectivity index (χ1) is 7.86. The second-order valence-electron chi connectivity index (χ2n) is 4.31. The van der Waals surface area contributed by atoms with E-state index in [1.165, 1.54) is 45.3 Å². The molecule has 1 saturated heterocycles. The van der Waals surface area contributed by atoms with Crippen molar-refractivity contribution in [1.82, 2.24) is 4.90 Å². The molecule has 1 aliphatic heterocycles. The lowest BCUT2D eigenvalue weighted by Crippen LogP contribution is -2.34. The molecule has 16 heavy (non-hydrogen) atoms. The molecule has 1 rings (SSSR count). The molecule has 0 bridgehead atoms. The van der Waals surface area contributed by atoms with Gasteiger partial charge in [-0.2, -0.15) is 0 Å². The average Bonchev–Trinajstić information content (AvgIpc) is 2.38. The molecule has 0 aliphatic carbocycles. The van der Waals surface area contributed by atoms with E-state index < -0.39 is 0 Å². The Balaban J connectivity index is 0.00000106. The number of hydrogen-bond donors (Lipinski definition) is 0. The number of hydrogen-bond acceptors (Lipinski definition) is 2. The summed E-state index contributed by atoms with van der Waals surface area (Å²) in [6.45, 7) is 14.2. The minimum absolute atomic E-state index is 0.828. The zero-order valence-electron chi connectivity index (χ0n) is 11.8. The van der Waals surface area contributed by atoms with Gasteiger partial charge in [-0.15, -0.1) is 0 Å². The van der Waals surface area contributed by atoms with Gasteiger partial charge in [0.05, 0.1) is 0 Å². The Bertz CT molecular complexity index is 131. The summed E-state index contributed by atoms with van der Waals surface area (Å²) in [5.41, 5.74) is 0. The van der Waals surface area contributed by atoms with Gasteiger partial charge in [0.1, 0.15) is 0 Å². The van der Waals surface area contributed by atoms with E-state index >= 15 is 0 Å². The van der Waals surface area contributed by atoms with Crippen molar-refractivity contribution in [1.29, 1.82) is 0 Å². The number of ether oxygens (including phenoxy) is 1. The fraction of sp³-hybridized carbons (Fsp3) is 1.00. The Hall–Kier alpha value is -0.0800. The number of piperidine rings is 1. The summed E-state index contributed by atoms with van der Waals surface area (Å²) in [6, 6.07) is 0. The van der Waals surface area contributed by atoms with E-state index in [4.69, 9.17) is 4.74 Å². The van der Waals surface area contributed by atoms with Crippen LogP contribution < -0.4 is 0 Å². The monoisotopic (exact) mass is 229 g/mol. The SMILES string of the molecule is CC.CCCCOCC1CCN(CC)CC1. The van der Waals surface area contributed by atoms with E-state index in [9.17, 15) is 0 Å². The lowest BCUT2D eigenvalue weighted by atomic mass is 9.98. The van der Waals surface area contributed by atoms with Crippen LogP contribution in [0.15, 0.2) is 0 Å². The minimum Gasteiger partial charge on any atom is -0.381 e. The topological polar surface area (TPSA) is 12.5 Å². The maximum Gasteiger partial charge on any atom is 0.0495 e. The van der Waals surface area contributed by atoms with Gasteiger partial charge in [0, 0.05) is 13.2 Å². The van der Waals surface area contributed by atoms with Crippen LogP contribution >= 0.6 is 0 Å². The fourth-order valence-corrected chi connectivity index (χ4v) is 1.97. The molecule has 1 aliphatic rings. The van der Waals surface area contributed by atoms with Gasteiger partial charge >= 0.3 is 0 Å². The van der Waals surface area contributed by atoms with Gasteiger partial charge in [-0.1, -0.05) is 34.1 Å². The molecule has 0 amide bonds. The van der Waals surface area contributed by atoms with Crippen molar-refractivity contribution in [2.24, 2.45) is 5.92 Å². The number of likely N-dealkylation sites (tertiary alicyclic amines) is 1. The smallest absolute Gasteiger partial charge is 0.0495 e. The Morgan fingerprint density at radius 3 is 2.25 bits per heavy atom. The van der Waals surface area contributed by atoms with Crippen molar-refractivity contribution < 1.29 is 4.74 Å². The van der Waals surface area contributed by atoms with Crippen molar-refractivity contribution in [3.8, 4) is 0 Å². The molecule has 0 unspecified atom stereocenters. The number of unbranched alkanes of at least 4 members (excludes halogenated alkanes) is 1. The van der Waals surface area contributed by atoms with Gasteiger partial charge in [-0.05, 0) is 44.8 Å². The lowest BCUT2D eigenvalue weighted by Gasteiger charge is -2.30. The van der Waals surface area contributed by atoms with Gasteiger partial charge in [-0.25, -0.2) is 0 Å². The van der Waals surface area contributed by atoms with Crippen LogP contribution in [0.1, 0.15) is 53.4 Å². The lowest BCUT2D eigenvalue weighted by molar-refractivity contribution is 0.0667. The van der Waals surface area contributed by atoms with Crippen LogP contribution in [0.5, 0.6) is 0 Å². The maximum atomic E-state index is 5.66. The third-order valence-electron chi connectivity index (χ3n) is 3.15. The van der Waals surface area contributed by atoms with Crippen molar-refractivity contribution in [2.45, 2.75) is 53.4 Å². The first-order valence-corrected chi connectivity index (χ1v) is 7.16. The van der Waals surface area contributed by atoms with Crippen molar-refractivity contribution in [2.75, 3.05) is 32.8 Å². The van der Waals surface area contributed by atoms with E-state index in [0.29, 0.717) is 0 Å². The molecule has 0 aromatic heterocycles. The zero-order chi connectivity index (χ0) is 12.2. The third kappa shape index (κ3) is 7.24. The highest BCUT2D eigenvalue weighted by Gasteiger charge is 2.17.